The van der Waals surface area contributed by atoms with E-state index in [1.54, 1.807) is 32.2 Å². The van der Waals surface area contributed by atoms with Crippen molar-refractivity contribution in [2.24, 2.45) is 0 Å². The van der Waals surface area contributed by atoms with Crippen molar-refractivity contribution in [3.05, 3.63) is 52.5 Å². The van der Waals surface area contributed by atoms with Gasteiger partial charge < -0.3 is 4.74 Å². The zero-order valence-corrected chi connectivity index (χ0v) is 15.3. The number of anilines is 1. The van der Waals surface area contributed by atoms with E-state index in [1.165, 1.54) is 16.2 Å². The molecule has 0 aliphatic heterocycles. The second-order valence-electron chi connectivity index (χ2n) is 5.20. The number of likely N-dealkylation sites (N-methyl/N-ethyl adjacent to an activating group) is 1. The molecule has 0 saturated heterocycles. The van der Waals surface area contributed by atoms with Crippen LogP contribution in [-0.2, 0) is 4.79 Å². The third kappa shape index (κ3) is 3.48. The lowest BCUT2D eigenvalue weighted by Gasteiger charge is -2.20. The van der Waals surface area contributed by atoms with Gasteiger partial charge in [0, 0.05) is 12.1 Å². The normalized spacial score (nSPS) is 12.2. The lowest BCUT2D eigenvalue weighted by molar-refractivity contribution is -0.124. The summed E-state index contributed by atoms with van der Waals surface area (Å²) in [5.74, 6) is 0.208. The van der Waals surface area contributed by atoms with E-state index in [1.807, 2.05) is 24.3 Å². The van der Waals surface area contributed by atoms with E-state index >= 15 is 0 Å². The molecule has 1 unspecified atom stereocenters. The van der Waals surface area contributed by atoms with Gasteiger partial charge in [0.25, 0.3) is 5.91 Å². The summed E-state index contributed by atoms with van der Waals surface area (Å²) in [6.45, 7) is 1.68. The fourth-order valence-corrected chi connectivity index (χ4v) is 3.57. The smallest absolute Gasteiger partial charge is 0.269 e. The molecule has 3 rings (SSSR count). The van der Waals surface area contributed by atoms with Crippen LogP contribution in [0.5, 0.6) is 5.75 Å². The van der Waals surface area contributed by atoms with Gasteiger partial charge in [-0.2, -0.15) is 0 Å². The number of nitrogens with zero attached hydrogens (tertiary/aromatic N) is 2. The predicted octanol–water partition coefficient (Wildman–Crippen LogP) is 5.03. The molecule has 7 heteroatoms. The predicted molar refractivity (Wildman–Crippen MR) is 99.6 cm³/mol. The highest BCUT2D eigenvalue weighted by atomic mass is 35.5. The van der Waals surface area contributed by atoms with Gasteiger partial charge in [-0.25, -0.2) is 4.98 Å². The average molecular weight is 381 g/mol. The van der Waals surface area contributed by atoms with Crippen LogP contribution in [0.2, 0.25) is 10.0 Å². The first-order chi connectivity index (χ1) is 11.5. The van der Waals surface area contributed by atoms with Crippen LogP contribution >= 0.6 is 34.5 Å². The maximum Gasteiger partial charge on any atom is 0.269 e. The molecule has 24 heavy (non-hydrogen) atoms. The SMILES string of the molecule is CC(Oc1ccc(Cl)cc1Cl)C(=O)N(C)c1nc2ccccc2s1. The maximum absolute atomic E-state index is 12.6. The molecular weight excluding hydrogens is 367 g/mol. The summed E-state index contributed by atoms with van der Waals surface area (Å²) in [6.07, 6.45) is -0.708. The Balaban J connectivity index is 1.76. The fraction of sp³-hybridized carbons (Fsp3) is 0.176. The van der Waals surface area contributed by atoms with Crippen LogP contribution in [0.15, 0.2) is 42.5 Å². The van der Waals surface area contributed by atoms with Gasteiger partial charge >= 0.3 is 0 Å². The molecule has 0 saturated carbocycles. The Morgan fingerprint density at radius 3 is 2.71 bits per heavy atom. The molecule has 4 nitrogen and oxygen atoms in total. The monoisotopic (exact) mass is 380 g/mol. The lowest BCUT2D eigenvalue weighted by Crippen LogP contribution is -2.38. The highest BCUT2D eigenvalue weighted by Gasteiger charge is 2.23. The summed E-state index contributed by atoms with van der Waals surface area (Å²) in [7, 11) is 1.68. The minimum atomic E-state index is -0.708. The van der Waals surface area contributed by atoms with Crippen molar-refractivity contribution in [2.75, 3.05) is 11.9 Å². The second kappa shape index (κ2) is 6.97. The molecule has 124 valence electrons. The number of carbonyl (C=O) groups is 1. The van der Waals surface area contributed by atoms with Crippen LogP contribution in [0.1, 0.15) is 6.92 Å². The first-order valence-corrected chi connectivity index (χ1v) is 8.78. The number of benzene rings is 2. The zero-order chi connectivity index (χ0) is 17.3. The molecule has 0 aliphatic rings. The number of para-hydroxylation sites is 1. The Labute approximate surface area is 153 Å². The van der Waals surface area contributed by atoms with Gasteiger partial charge in [0.1, 0.15) is 5.75 Å². The Hall–Kier alpha value is -1.82. The Morgan fingerprint density at radius 2 is 2.00 bits per heavy atom. The van der Waals surface area contributed by atoms with Crippen molar-refractivity contribution < 1.29 is 9.53 Å². The second-order valence-corrected chi connectivity index (χ2v) is 7.05. The van der Waals surface area contributed by atoms with Gasteiger partial charge in [-0.15, -0.1) is 0 Å². The van der Waals surface area contributed by atoms with Crippen molar-refractivity contribution in [3.8, 4) is 5.75 Å². The average Bonchev–Trinajstić information content (AvgIpc) is 3.00. The van der Waals surface area contributed by atoms with Crippen LogP contribution in [0.4, 0.5) is 5.13 Å². The standard InChI is InChI=1S/C17H14Cl2N2O2S/c1-10(23-14-8-7-11(18)9-12(14)19)16(22)21(2)17-20-13-5-3-4-6-15(13)24-17/h3-10H,1-2H3. The molecular formula is C17H14Cl2N2O2S. The molecule has 1 atom stereocenters. The van der Waals surface area contributed by atoms with E-state index in [-0.39, 0.29) is 5.91 Å². The van der Waals surface area contributed by atoms with E-state index in [4.69, 9.17) is 27.9 Å². The number of fused-ring (bicyclic) bond motifs is 1. The van der Waals surface area contributed by atoms with Crippen molar-refractivity contribution in [3.63, 3.8) is 0 Å². The molecule has 1 aromatic heterocycles. The Kier molecular flexibility index (Phi) is 4.94. The molecule has 3 aromatic rings. The summed E-state index contributed by atoms with van der Waals surface area (Å²) in [5, 5.41) is 1.50. The van der Waals surface area contributed by atoms with Crippen molar-refractivity contribution in [1.82, 2.24) is 4.98 Å². The highest BCUT2D eigenvalue weighted by molar-refractivity contribution is 7.22. The van der Waals surface area contributed by atoms with E-state index in [2.05, 4.69) is 4.98 Å². The van der Waals surface area contributed by atoms with Gasteiger partial charge in [-0.3, -0.25) is 9.69 Å². The van der Waals surface area contributed by atoms with E-state index < -0.39 is 6.10 Å². The zero-order valence-electron chi connectivity index (χ0n) is 13.0. The van der Waals surface area contributed by atoms with Gasteiger partial charge in [-0.05, 0) is 37.3 Å². The van der Waals surface area contributed by atoms with Gasteiger partial charge in [0.2, 0.25) is 0 Å². The number of rotatable bonds is 4. The fourth-order valence-electron chi connectivity index (χ4n) is 2.18. The van der Waals surface area contributed by atoms with Crippen LogP contribution in [0.25, 0.3) is 10.2 Å². The molecule has 0 N–H and O–H groups in total. The number of hydrogen-bond donors (Lipinski definition) is 0. The largest absolute Gasteiger partial charge is 0.479 e. The molecule has 0 bridgehead atoms. The minimum absolute atomic E-state index is 0.208. The van der Waals surface area contributed by atoms with Crippen molar-refractivity contribution in [1.29, 1.82) is 0 Å². The Morgan fingerprint density at radius 1 is 1.25 bits per heavy atom. The summed E-state index contributed by atoms with van der Waals surface area (Å²) < 4.78 is 6.70. The summed E-state index contributed by atoms with van der Waals surface area (Å²) in [5.41, 5.74) is 0.867. The molecule has 0 aliphatic carbocycles. The number of thiazole rings is 1. The third-order valence-corrected chi connectivity index (χ3v) is 5.09. The topological polar surface area (TPSA) is 42.4 Å². The number of ether oxygens (including phenoxy) is 1. The number of carbonyl (C=O) groups excluding carboxylic acids is 1. The molecule has 1 heterocycles. The number of hydrogen-bond acceptors (Lipinski definition) is 4. The van der Waals surface area contributed by atoms with Crippen molar-refractivity contribution >= 4 is 55.8 Å². The molecule has 1 amide bonds. The summed E-state index contributed by atoms with van der Waals surface area (Å²) in [4.78, 5) is 18.6. The third-order valence-electron chi connectivity index (χ3n) is 3.45. The van der Waals surface area contributed by atoms with Crippen LogP contribution < -0.4 is 9.64 Å². The number of halogens is 2. The summed E-state index contributed by atoms with van der Waals surface area (Å²) >= 11 is 13.4. The van der Waals surface area contributed by atoms with E-state index in [9.17, 15) is 4.79 Å². The van der Waals surface area contributed by atoms with E-state index in [0.717, 1.165) is 10.2 Å². The van der Waals surface area contributed by atoms with Crippen LogP contribution in [-0.4, -0.2) is 24.0 Å². The van der Waals surface area contributed by atoms with Gasteiger partial charge in [-0.1, -0.05) is 46.7 Å². The van der Waals surface area contributed by atoms with Crippen LogP contribution in [0.3, 0.4) is 0 Å². The molecule has 2 aromatic carbocycles. The first-order valence-electron chi connectivity index (χ1n) is 7.20. The number of amides is 1. The lowest BCUT2D eigenvalue weighted by atomic mass is 10.3. The Bertz CT molecular complexity index is 864. The van der Waals surface area contributed by atoms with Gasteiger partial charge in [0.05, 0.1) is 15.2 Å². The van der Waals surface area contributed by atoms with Gasteiger partial charge in [0.15, 0.2) is 11.2 Å². The number of aromatic nitrogens is 1. The minimum Gasteiger partial charge on any atom is -0.479 e. The quantitative estimate of drug-likeness (QED) is 0.636. The summed E-state index contributed by atoms with van der Waals surface area (Å²) in [6, 6.07) is 12.6. The molecule has 0 fully saturated rings. The highest BCUT2D eigenvalue weighted by Crippen LogP contribution is 2.30. The molecule has 0 radical (unpaired) electrons. The van der Waals surface area contributed by atoms with Crippen molar-refractivity contribution in [2.45, 2.75) is 13.0 Å². The first kappa shape index (κ1) is 17.0. The maximum atomic E-state index is 12.6. The van der Waals surface area contributed by atoms with E-state index in [0.29, 0.717) is 20.9 Å². The molecule has 0 spiro atoms. The van der Waals surface area contributed by atoms with Crippen LogP contribution in [0, 0.1) is 0 Å².